The second kappa shape index (κ2) is 5.06. The molecule has 0 bridgehead atoms. The third-order valence-corrected chi connectivity index (χ3v) is 4.29. The van der Waals surface area contributed by atoms with Crippen LogP contribution in [0.5, 0.6) is 0 Å². The van der Waals surface area contributed by atoms with Gasteiger partial charge >= 0.3 is 0 Å². The second-order valence-corrected chi connectivity index (χ2v) is 6.73. The Kier molecular flexibility index (Phi) is 3.36. The van der Waals surface area contributed by atoms with E-state index in [1.807, 2.05) is 35.4 Å². The second-order valence-electron chi connectivity index (χ2n) is 6.73. The summed E-state index contributed by atoms with van der Waals surface area (Å²) in [4.78, 5) is 17.9. The lowest BCUT2D eigenvalue weighted by Gasteiger charge is -2.32. The van der Waals surface area contributed by atoms with Gasteiger partial charge in [0.25, 0.3) is 5.91 Å². The molecule has 3 nitrogen and oxygen atoms in total. The molecule has 0 radical (unpaired) electrons. The fourth-order valence-corrected chi connectivity index (χ4v) is 2.98. The molecule has 1 amide bonds. The standard InChI is InChI=1S/C18H22N2O/c1-18(2,3)13-8-11-20(12-9-13)17(21)15-5-4-6-16-14(15)7-10-19-16/h4-8,10,19H,9,11-12H2,1-3H3. The normalized spacial score (nSPS) is 16.1. The van der Waals surface area contributed by atoms with Gasteiger partial charge in [0.05, 0.1) is 0 Å². The molecular formula is C18H22N2O. The molecule has 0 spiro atoms. The number of H-pyrrole nitrogens is 1. The summed E-state index contributed by atoms with van der Waals surface area (Å²) in [5.74, 6) is 0.129. The van der Waals surface area contributed by atoms with E-state index in [2.05, 4.69) is 31.8 Å². The molecule has 1 N–H and O–H groups in total. The average Bonchev–Trinajstić information content (AvgIpc) is 2.94. The van der Waals surface area contributed by atoms with Crippen molar-refractivity contribution in [3.8, 4) is 0 Å². The Bertz CT molecular complexity index is 703. The summed E-state index contributed by atoms with van der Waals surface area (Å²) in [5, 5.41) is 1.01. The van der Waals surface area contributed by atoms with Crippen LogP contribution in [0.2, 0.25) is 0 Å². The summed E-state index contributed by atoms with van der Waals surface area (Å²) >= 11 is 0. The quantitative estimate of drug-likeness (QED) is 0.789. The summed E-state index contributed by atoms with van der Waals surface area (Å²) in [6.07, 6.45) is 5.08. The van der Waals surface area contributed by atoms with Gasteiger partial charge in [0.1, 0.15) is 0 Å². The van der Waals surface area contributed by atoms with E-state index < -0.39 is 0 Å². The maximum Gasteiger partial charge on any atom is 0.254 e. The van der Waals surface area contributed by atoms with Gasteiger partial charge in [-0.05, 0) is 30.0 Å². The van der Waals surface area contributed by atoms with Gasteiger partial charge < -0.3 is 9.88 Å². The van der Waals surface area contributed by atoms with Crippen molar-refractivity contribution in [2.75, 3.05) is 13.1 Å². The van der Waals surface area contributed by atoms with Crippen molar-refractivity contribution in [1.29, 1.82) is 0 Å². The topological polar surface area (TPSA) is 36.1 Å². The molecule has 21 heavy (non-hydrogen) atoms. The molecule has 0 saturated carbocycles. The Morgan fingerprint density at radius 3 is 2.71 bits per heavy atom. The highest BCUT2D eigenvalue weighted by molar-refractivity contribution is 6.06. The number of fused-ring (bicyclic) bond motifs is 1. The Morgan fingerprint density at radius 1 is 1.24 bits per heavy atom. The van der Waals surface area contributed by atoms with Crippen LogP contribution in [0.25, 0.3) is 10.9 Å². The van der Waals surface area contributed by atoms with Gasteiger partial charge in [-0.25, -0.2) is 0 Å². The number of carbonyl (C=O) groups excluding carboxylic acids is 1. The van der Waals surface area contributed by atoms with Crippen LogP contribution in [0.15, 0.2) is 42.1 Å². The minimum atomic E-state index is 0.129. The van der Waals surface area contributed by atoms with Gasteiger partial charge in [-0.3, -0.25) is 4.79 Å². The van der Waals surface area contributed by atoms with Crippen LogP contribution in [-0.4, -0.2) is 28.9 Å². The van der Waals surface area contributed by atoms with Gasteiger partial charge in [0.2, 0.25) is 0 Å². The lowest BCUT2D eigenvalue weighted by molar-refractivity contribution is 0.0767. The molecule has 110 valence electrons. The minimum Gasteiger partial charge on any atom is -0.361 e. The molecule has 0 aliphatic carbocycles. The first-order valence-corrected chi connectivity index (χ1v) is 7.52. The fourth-order valence-electron chi connectivity index (χ4n) is 2.98. The fraction of sp³-hybridized carbons (Fsp3) is 0.389. The van der Waals surface area contributed by atoms with Crippen LogP contribution < -0.4 is 0 Å². The zero-order chi connectivity index (χ0) is 15.0. The zero-order valence-electron chi connectivity index (χ0n) is 12.9. The molecule has 1 aromatic carbocycles. The summed E-state index contributed by atoms with van der Waals surface area (Å²) in [6.45, 7) is 8.22. The van der Waals surface area contributed by atoms with E-state index in [1.165, 1.54) is 5.57 Å². The number of benzene rings is 1. The van der Waals surface area contributed by atoms with E-state index in [9.17, 15) is 4.79 Å². The predicted octanol–water partition coefficient (Wildman–Crippen LogP) is 3.99. The maximum absolute atomic E-state index is 12.8. The Balaban J connectivity index is 1.84. The zero-order valence-corrected chi connectivity index (χ0v) is 12.9. The SMILES string of the molecule is CC(C)(C)C1=CCN(C(=O)c2cccc3[nH]ccc23)CC1. The van der Waals surface area contributed by atoms with Crippen LogP contribution in [0.4, 0.5) is 0 Å². The first kappa shape index (κ1) is 13.9. The van der Waals surface area contributed by atoms with Gasteiger partial charge in [0.15, 0.2) is 0 Å². The Labute approximate surface area is 125 Å². The molecule has 1 aliphatic rings. The molecule has 0 unspecified atom stereocenters. The Hall–Kier alpha value is -2.03. The van der Waals surface area contributed by atoms with Crippen molar-refractivity contribution in [1.82, 2.24) is 9.88 Å². The van der Waals surface area contributed by atoms with Crippen molar-refractivity contribution in [3.63, 3.8) is 0 Å². The third-order valence-electron chi connectivity index (χ3n) is 4.29. The summed E-state index contributed by atoms with van der Waals surface area (Å²) < 4.78 is 0. The third kappa shape index (κ3) is 2.60. The molecule has 1 aromatic heterocycles. The number of carbonyl (C=O) groups is 1. The van der Waals surface area contributed by atoms with Gasteiger partial charge in [-0.2, -0.15) is 0 Å². The highest BCUT2D eigenvalue weighted by Gasteiger charge is 2.24. The largest absolute Gasteiger partial charge is 0.361 e. The summed E-state index contributed by atoms with van der Waals surface area (Å²) in [7, 11) is 0. The van der Waals surface area contributed by atoms with E-state index in [0.717, 1.165) is 29.4 Å². The maximum atomic E-state index is 12.8. The van der Waals surface area contributed by atoms with E-state index in [0.29, 0.717) is 6.54 Å². The summed E-state index contributed by atoms with van der Waals surface area (Å²) in [6, 6.07) is 7.83. The Morgan fingerprint density at radius 2 is 2.05 bits per heavy atom. The van der Waals surface area contributed by atoms with Crippen molar-refractivity contribution < 1.29 is 4.79 Å². The van der Waals surface area contributed by atoms with Crippen molar-refractivity contribution in [2.45, 2.75) is 27.2 Å². The van der Waals surface area contributed by atoms with Crippen LogP contribution >= 0.6 is 0 Å². The molecule has 2 aromatic rings. The van der Waals surface area contributed by atoms with Crippen molar-refractivity contribution in [3.05, 3.63) is 47.7 Å². The van der Waals surface area contributed by atoms with E-state index in [4.69, 9.17) is 0 Å². The molecular weight excluding hydrogens is 260 g/mol. The molecule has 0 atom stereocenters. The van der Waals surface area contributed by atoms with E-state index >= 15 is 0 Å². The smallest absolute Gasteiger partial charge is 0.254 e. The lowest BCUT2D eigenvalue weighted by Crippen LogP contribution is -2.36. The first-order chi connectivity index (χ1) is 9.97. The minimum absolute atomic E-state index is 0.129. The number of hydrogen-bond donors (Lipinski definition) is 1. The highest BCUT2D eigenvalue weighted by atomic mass is 16.2. The van der Waals surface area contributed by atoms with Gasteiger partial charge in [-0.1, -0.05) is 38.5 Å². The van der Waals surface area contributed by atoms with Gasteiger partial charge in [-0.15, -0.1) is 0 Å². The number of rotatable bonds is 1. The number of nitrogens with one attached hydrogen (secondary N) is 1. The average molecular weight is 282 g/mol. The monoisotopic (exact) mass is 282 g/mol. The molecule has 0 saturated heterocycles. The molecule has 3 rings (SSSR count). The van der Waals surface area contributed by atoms with Crippen LogP contribution in [0.3, 0.4) is 0 Å². The van der Waals surface area contributed by atoms with Crippen LogP contribution in [0, 0.1) is 5.41 Å². The number of hydrogen-bond acceptors (Lipinski definition) is 1. The first-order valence-electron chi connectivity index (χ1n) is 7.52. The van der Waals surface area contributed by atoms with Crippen molar-refractivity contribution >= 4 is 16.8 Å². The van der Waals surface area contributed by atoms with E-state index in [1.54, 1.807) is 0 Å². The molecule has 2 heterocycles. The van der Waals surface area contributed by atoms with Gasteiger partial charge in [0, 0.05) is 35.8 Å². The number of nitrogens with zero attached hydrogens (tertiary/aromatic N) is 1. The van der Waals surface area contributed by atoms with E-state index in [-0.39, 0.29) is 11.3 Å². The highest BCUT2D eigenvalue weighted by Crippen LogP contribution is 2.30. The lowest BCUT2D eigenvalue weighted by atomic mass is 9.83. The van der Waals surface area contributed by atoms with Crippen LogP contribution in [0.1, 0.15) is 37.6 Å². The number of aromatic nitrogens is 1. The molecule has 3 heteroatoms. The molecule has 0 fully saturated rings. The summed E-state index contributed by atoms with van der Waals surface area (Å²) in [5.41, 5.74) is 3.46. The number of amides is 1. The van der Waals surface area contributed by atoms with Crippen LogP contribution in [-0.2, 0) is 0 Å². The van der Waals surface area contributed by atoms with Crippen molar-refractivity contribution in [2.24, 2.45) is 5.41 Å². The molecule has 1 aliphatic heterocycles. The number of aromatic amines is 1. The predicted molar refractivity (Wildman–Crippen MR) is 86.4 cm³/mol.